The van der Waals surface area contributed by atoms with Crippen molar-refractivity contribution < 1.29 is 4.74 Å². The van der Waals surface area contributed by atoms with Crippen LogP contribution in [-0.4, -0.2) is 14.5 Å². The third-order valence-corrected chi connectivity index (χ3v) is 5.07. The molecule has 4 nitrogen and oxygen atoms in total. The van der Waals surface area contributed by atoms with Gasteiger partial charge >= 0.3 is 0 Å². The summed E-state index contributed by atoms with van der Waals surface area (Å²) in [5.74, 6) is 1.55. The van der Waals surface area contributed by atoms with Gasteiger partial charge in [-0.15, -0.1) is 0 Å². The molecule has 0 fully saturated rings. The van der Waals surface area contributed by atoms with Gasteiger partial charge in [0.15, 0.2) is 0 Å². The molecule has 0 bridgehead atoms. The van der Waals surface area contributed by atoms with Gasteiger partial charge in [-0.2, -0.15) is 0 Å². The summed E-state index contributed by atoms with van der Waals surface area (Å²) < 4.78 is 8.18. The monoisotopic (exact) mass is 403 g/mol. The Labute approximate surface area is 181 Å². The number of rotatable bonds is 5. The molecule has 150 valence electrons. The van der Waals surface area contributed by atoms with Crippen LogP contribution < -0.4 is 4.74 Å². The van der Waals surface area contributed by atoms with Crippen molar-refractivity contribution >= 4 is 0 Å². The zero-order valence-electron chi connectivity index (χ0n) is 17.1. The molecule has 0 aliphatic heterocycles. The summed E-state index contributed by atoms with van der Waals surface area (Å²) in [6.45, 7) is 2.06. The minimum Gasteiger partial charge on any atom is -0.457 e. The Kier molecular flexibility index (Phi) is 5.03. The Morgan fingerprint density at radius 2 is 1.58 bits per heavy atom. The second-order valence-corrected chi connectivity index (χ2v) is 7.40. The zero-order valence-corrected chi connectivity index (χ0v) is 17.1. The Morgan fingerprint density at radius 3 is 2.42 bits per heavy atom. The lowest BCUT2D eigenvalue weighted by Gasteiger charge is -2.11. The fraction of sp³-hybridized carbons (Fsp3) is 0.0370. The SMILES string of the molecule is Cc1cc(Oc2cccc(-c3cc(-c4ccccc4)ccn3)c2)cc(-n2ccnc2)c1. The van der Waals surface area contributed by atoms with Gasteiger partial charge in [-0.05, 0) is 60.0 Å². The van der Waals surface area contributed by atoms with Crippen molar-refractivity contribution in [3.63, 3.8) is 0 Å². The summed E-state index contributed by atoms with van der Waals surface area (Å²) in [5, 5.41) is 0. The van der Waals surface area contributed by atoms with Crippen LogP contribution in [0.5, 0.6) is 11.5 Å². The lowest BCUT2D eigenvalue weighted by atomic mass is 10.0. The van der Waals surface area contributed by atoms with E-state index in [0.29, 0.717) is 0 Å². The fourth-order valence-corrected chi connectivity index (χ4v) is 3.60. The van der Waals surface area contributed by atoms with E-state index in [4.69, 9.17) is 4.74 Å². The number of nitrogens with zero attached hydrogens (tertiary/aromatic N) is 3. The third-order valence-electron chi connectivity index (χ3n) is 5.07. The lowest BCUT2D eigenvalue weighted by molar-refractivity contribution is 0.482. The molecular weight excluding hydrogens is 382 g/mol. The highest BCUT2D eigenvalue weighted by Crippen LogP contribution is 2.30. The van der Waals surface area contributed by atoms with E-state index in [-0.39, 0.29) is 0 Å². The zero-order chi connectivity index (χ0) is 21.0. The first kappa shape index (κ1) is 18.8. The third kappa shape index (κ3) is 4.23. The molecule has 5 rings (SSSR count). The number of hydrogen-bond donors (Lipinski definition) is 0. The number of pyridine rings is 1. The van der Waals surface area contributed by atoms with Crippen LogP contribution in [0.25, 0.3) is 28.1 Å². The topological polar surface area (TPSA) is 39.9 Å². The van der Waals surface area contributed by atoms with Crippen LogP contribution >= 0.6 is 0 Å². The van der Waals surface area contributed by atoms with Gasteiger partial charge in [0.2, 0.25) is 0 Å². The molecule has 0 saturated heterocycles. The number of aryl methyl sites for hydroxylation is 1. The van der Waals surface area contributed by atoms with Crippen molar-refractivity contribution in [2.24, 2.45) is 0 Å². The number of imidazole rings is 1. The average Bonchev–Trinajstić information content (AvgIpc) is 3.35. The second kappa shape index (κ2) is 8.28. The standard InChI is InChI=1S/C27H21N3O/c1-20-14-24(30-13-12-28-19-30)18-26(15-20)31-25-9-5-8-23(16-25)27-17-22(10-11-29-27)21-6-3-2-4-7-21/h2-19H,1H3. The molecule has 2 heterocycles. The summed E-state index contributed by atoms with van der Waals surface area (Å²) in [4.78, 5) is 8.71. The molecule has 0 radical (unpaired) electrons. The minimum atomic E-state index is 0.770. The maximum Gasteiger partial charge on any atom is 0.129 e. The van der Waals surface area contributed by atoms with Gasteiger partial charge in [0.1, 0.15) is 11.5 Å². The van der Waals surface area contributed by atoms with E-state index in [1.54, 1.807) is 12.5 Å². The molecule has 4 heteroatoms. The first-order valence-corrected chi connectivity index (χ1v) is 10.1. The van der Waals surface area contributed by atoms with Crippen LogP contribution in [0.4, 0.5) is 0 Å². The molecule has 0 amide bonds. The maximum absolute atomic E-state index is 6.21. The quantitative estimate of drug-likeness (QED) is 0.328. The van der Waals surface area contributed by atoms with Gasteiger partial charge in [0, 0.05) is 30.2 Å². The molecular formula is C27H21N3O. The van der Waals surface area contributed by atoms with Crippen molar-refractivity contribution in [2.75, 3.05) is 0 Å². The number of ether oxygens (including phenoxy) is 1. The van der Waals surface area contributed by atoms with E-state index < -0.39 is 0 Å². The van der Waals surface area contributed by atoms with Crippen LogP contribution in [0.15, 0.2) is 110 Å². The summed E-state index contributed by atoms with van der Waals surface area (Å²) in [7, 11) is 0. The van der Waals surface area contributed by atoms with E-state index in [0.717, 1.165) is 39.6 Å². The fourth-order valence-electron chi connectivity index (χ4n) is 3.60. The molecule has 0 spiro atoms. The Hall–Kier alpha value is -4.18. The molecule has 3 aromatic carbocycles. The van der Waals surface area contributed by atoms with Crippen molar-refractivity contribution in [1.82, 2.24) is 14.5 Å². The Bertz CT molecular complexity index is 1310. The summed E-state index contributed by atoms with van der Waals surface area (Å²) >= 11 is 0. The number of hydrogen-bond acceptors (Lipinski definition) is 3. The van der Waals surface area contributed by atoms with E-state index in [1.807, 2.05) is 71.6 Å². The molecule has 0 N–H and O–H groups in total. The maximum atomic E-state index is 6.21. The molecule has 5 aromatic rings. The van der Waals surface area contributed by atoms with Gasteiger partial charge in [-0.25, -0.2) is 4.98 Å². The molecule has 31 heavy (non-hydrogen) atoms. The van der Waals surface area contributed by atoms with E-state index in [2.05, 4.69) is 47.2 Å². The normalized spacial score (nSPS) is 10.7. The average molecular weight is 403 g/mol. The predicted molar refractivity (Wildman–Crippen MR) is 123 cm³/mol. The van der Waals surface area contributed by atoms with Gasteiger partial charge in [0.25, 0.3) is 0 Å². The molecule has 0 unspecified atom stereocenters. The van der Waals surface area contributed by atoms with Gasteiger partial charge < -0.3 is 9.30 Å². The van der Waals surface area contributed by atoms with Crippen LogP contribution in [0.2, 0.25) is 0 Å². The Morgan fingerprint density at radius 1 is 0.710 bits per heavy atom. The van der Waals surface area contributed by atoms with Crippen LogP contribution in [0.1, 0.15) is 5.56 Å². The van der Waals surface area contributed by atoms with Gasteiger partial charge in [-0.3, -0.25) is 4.98 Å². The summed E-state index contributed by atoms with van der Waals surface area (Å²) in [6.07, 6.45) is 7.32. The van der Waals surface area contributed by atoms with Crippen molar-refractivity contribution in [2.45, 2.75) is 6.92 Å². The molecule has 0 aliphatic rings. The molecule has 0 atom stereocenters. The minimum absolute atomic E-state index is 0.770. The highest BCUT2D eigenvalue weighted by Gasteiger charge is 2.07. The summed E-state index contributed by atoms with van der Waals surface area (Å²) in [5.41, 5.74) is 6.37. The van der Waals surface area contributed by atoms with E-state index in [9.17, 15) is 0 Å². The van der Waals surface area contributed by atoms with Crippen LogP contribution in [-0.2, 0) is 0 Å². The van der Waals surface area contributed by atoms with E-state index >= 15 is 0 Å². The summed E-state index contributed by atoms with van der Waals surface area (Å²) in [6, 6.07) is 28.6. The highest BCUT2D eigenvalue weighted by molar-refractivity contribution is 5.71. The van der Waals surface area contributed by atoms with E-state index in [1.165, 1.54) is 5.56 Å². The first-order chi connectivity index (χ1) is 15.2. The van der Waals surface area contributed by atoms with Crippen molar-refractivity contribution in [3.8, 4) is 39.6 Å². The first-order valence-electron chi connectivity index (χ1n) is 10.1. The van der Waals surface area contributed by atoms with Gasteiger partial charge in [0.05, 0.1) is 17.7 Å². The Balaban J connectivity index is 1.44. The molecule has 0 aliphatic carbocycles. The van der Waals surface area contributed by atoms with Crippen LogP contribution in [0.3, 0.4) is 0 Å². The number of benzene rings is 3. The lowest BCUT2D eigenvalue weighted by Crippen LogP contribution is -1.93. The molecule has 0 saturated carbocycles. The van der Waals surface area contributed by atoms with Crippen LogP contribution in [0, 0.1) is 6.92 Å². The predicted octanol–water partition coefficient (Wildman–Crippen LogP) is 6.70. The van der Waals surface area contributed by atoms with Crippen molar-refractivity contribution in [1.29, 1.82) is 0 Å². The number of aromatic nitrogens is 3. The van der Waals surface area contributed by atoms with Crippen molar-refractivity contribution in [3.05, 3.63) is 115 Å². The highest BCUT2D eigenvalue weighted by atomic mass is 16.5. The largest absolute Gasteiger partial charge is 0.457 e. The van der Waals surface area contributed by atoms with Gasteiger partial charge in [-0.1, -0.05) is 42.5 Å². The smallest absolute Gasteiger partial charge is 0.129 e. The molecule has 2 aromatic heterocycles. The second-order valence-electron chi connectivity index (χ2n) is 7.40.